The predicted octanol–water partition coefficient (Wildman–Crippen LogP) is 1.33. The molecule has 2 rings (SSSR count). The highest BCUT2D eigenvalue weighted by atomic mass is 32.1. The van der Waals surface area contributed by atoms with Crippen molar-refractivity contribution < 1.29 is 9.90 Å². The van der Waals surface area contributed by atoms with Crippen LogP contribution < -0.4 is 0 Å². The molecule has 1 aromatic heterocycles. The summed E-state index contributed by atoms with van der Waals surface area (Å²) < 4.78 is 0. The van der Waals surface area contributed by atoms with Gasteiger partial charge in [0, 0.05) is 13.1 Å². The van der Waals surface area contributed by atoms with Crippen molar-refractivity contribution in [2.45, 2.75) is 18.9 Å². The van der Waals surface area contributed by atoms with E-state index in [4.69, 9.17) is 5.11 Å². The van der Waals surface area contributed by atoms with Gasteiger partial charge in [0.1, 0.15) is 6.61 Å². The van der Waals surface area contributed by atoms with Gasteiger partial charge in [-0.15, -0.1) is 11.3 Å². The lowest BCUT2D eigenvalue weighted by Gasteiger charge is -2.14. The monoisotopic (exact) mass is 235 g/mol. The fourth-order valence-electron chi connectivity index (χ4n) is 1.45. The van der Waals surface area contributed by atoms with Crippen LogP contribution in [-0.2, 0) is 0 Å². The molecule has 0 aromatic carbocycles. The van der Waals surface area contributed by atoms with Gasteiger partial charge in [0.05, 0.1) is 9.75 Å². The van der Waals surface area contributed by atoms with Gasteiger partial charge in [-0.05, 0) is 25.0 Å². The summed E-state index contributed by atoms with van der Waals surface area (Å²) in [6.07, 6.45) is 2.23. The van der Waals surface area contributed by atoms with E-state index in [0.717, 1.165) is 22.6 Å². The molecule has 1 N–H and O–H groups in total. The third-order valence-electron chi connectivity index (χ3n) is 2.52. The molecule has 1 aromatic rings. The zero-order valence-electron chi connectivity index (χ0n) is 9.06. The molecular weight excluding hydrogens is 222 g/mol. The number of carbonyl (C=O) groups is 1. The van der Waals surface area contributed by atoms with Crippen LogP contribution >= 0.6 is 11.3 Å². The zero-order valence-corrected chi connectivity index (χ0v) is 9.88. The third-order valence-corrected chi connectivity index (χ3v) is 3.51. The number of carbonyl (C=O) groups excluding carboxylic acids is 1. The number of amides is 1. The van der Waals surface area contributed by atoms with Crippen molar-refractivity contribution in [1.82, 2.24) is 4.90 Å². The molecule has 0 unspecified atom stereocenters. The first kappa shape index (κ1) is 11.2. The van der Waals surface area contributed by atoms with Gasteiger partial charge in [0.25, 0.3) is 5.91 Å². The number of aliphatic hydroxyl groups is 1. The van der Waals surface area contributed by atoms with Crippen molar-refractivity contribution in [3.8, 4) is 11.8 Å². The van der Waals surface area contributed by atoms with Gasteiger partial charge in [0.15, 0.2) is 0 Å². The Kier molecular flexibility index (Phi) is 3.28. The van der Waals surface area contributed by atoms with Gasteiger partial charge in [0.2, 0.25) is 0 Å². The van der Waals surface area contributed by atoms with E-state index >= 15 is 0 Å². The van der Waals surface area contributed by atoms with Crippen LogP contribution in [0.5, 0.6) is 0 Å². The molecule has 16 heavy (non-hydrogen) atoms. The molecule has 1 heterocycles. The minimum Gasteiger partial charge on any atom is -0.384 e. The van der Waals surface area contributed by atoms with Crippen LogP contribution in [0.25, 0.3) is 0 Å². The Labute approximate surface area is 98.7 Å². The summed E-state index contributed by atoms with van der Waals surface area (Å²) in [4.78, 5) is 15.3. The van der Waals surface area contributed by atoms with Crippen LogP contribution in [0, 0.1) is 11.8 Å². The molecule has 0 radical (unpaired) electrons. The van der Waals surface area contributed by atoms with Crippen LogP contribution in [0.4, 0.5) is 0 Å². The molecule has 0 saturated heterocycles. The zero-order chi connectivity index (χ0) is 11.5. The Balaban J connectivity index is 2.08. The van der Waals surface area contributed by atoms with E-state index in [9.17, 15) is 4.79 Å². The lowest BCUT2D eigenvalue weighted by atomic mass is 10.4. The molecule has 1 saturated carbocycles. The quantitative estimate of drug-likeness (QED) is 0.786. The van der Waals surface area contributed by atoms with Crippen LogP contribution in [0.1, 0.15) is 27.4 Å². The summed E-state index contributed by atoms with van der Waals surface area (Å²) in [5.41, 5.74) is 0. The second-order valence-corrected chi connectivity index (χ2v) is 4.85. The summed E-state index contributed by atoms with van der Waals surface area (Å²) in [6.45, 7) is -0.150. The van der Waals surface area contributed by atoms with Gasteiger partial charge in [-0.1, -0.05) is 11.8 Å². The van der Waals surface area contributed by atoms with Crippen molar-refractivity contribution >= 4 is 17.2 Å². The fourth-order valence-corrected chi connectivity index (χ4v) is 2.31. The lowest BCUT2D eigenvalue weighted by Crippen LogP contribution is -2.27. The van der Waals surface area contributed by atoms with Gasteiger partial charge in [-0.25, -0.2) is 0 Å². The highest BCUT2D eigenvalue weighted by Crippen LogP contribution is 2.28. The molecular formula is C12H13NO2S. The van der Waals surface area contributed by atoms with E-state index < -0.39 is 0 Å². The third kappa shape index (κ3) is 2.43. The van der Waals surface area contributed by atoms with E-state index in [-0.39, 0.29) is 12.5 Å². The Morgan fingerprint density at radius 3 is 3.00 bits per heavy atom. The van der Waals surface area contributed by atoms with E-state index in [1.807, 2.05) is 13.1 Å². The molecule has 0 spiro atoms. The van der Waals surface area contributed by atoms with E-state index in [0.29, 0.717) is 6.04 Å². The molecule has 1 fully saturated rings. The largest absolute Gasteiger partial charge is 0.384 e. The maximum atomic E-state index is 12.0. The minimum absolute atomic E-state index is 0.0737. The second kappa shape index (κ2) is 4.69. The number of hydrogen-bond donors (Lipinski definition) is 1. The Morgan fingerprint density at radius 1 is 1.62 bits per heavy atom. The SMILES string of the molecule is CN(C(=O)c1ccc(C#CCO)s1)C1CC1. The second-order valence-electron chi connectivity index (χ2n) is 3.77. The average Bonchev–Trinajstić information content (AvgIpc) is 3.04. The maximum absolute atomic E-state index is 12.0. The van der Waals surface area contributed by atoms with E-state index in [1.54, 1.807) is 11.0 Å². The first-order valence-electron chi connectivity index (χ1n) is 5.19. The van der Waals surface area contributed by atoms with Crippen molar-refractivity contribution in [2.24, 2.45) is 0 Å². The molecule has 4 heteroatoms. The van der Waals surface area contributed by atoms with Crippen LogP contribution in [-0.4, -0.2) is 35.6 Å². The Hall–Kier alpha value is -1.31. The molecule has 1 aliphatic carbocycles. The van der Waals surface area contributed by atoms with Crippen molar-refractivity contribution in [3.63, 3.8) is 0 Å². The highest BCUT2D eigenvalue weighted by molar-refractivity contribution is 7.14. The molecule has 0 bridgehead atoms. The first-order chi connectivity index (χ1) is 7.72. The van der Waals surface area contributed by atoms with Crippen molar-refractivity contribution in [3.05, 3.63) is 21.9 Å². The maximum Gasteiger partial charge on any atom is 0.263 e. The number of aliphatic hydroxyl groups excluding tert-OH is 1. The number of rotatable bonds is 2. The van der Waals surface area contributed by atoms with Crippen LogP contribution in [0.15, 0.2) is 12.1 Å². The van der Waals surface area contributed by atoms with Crippen LogP contribution in [0.3, 0.4) is 0 Å². The van der Waals surface area contributed by atoms with Crippen molar-refractivity contribution in [2.75, 3.05) is 13.7 Å². The minimum atomic E-state index is -0.150. The summed E-state index contributed by atoms with van der Waals surface area (Å²) >= 11 is 1.38. The number of hydrogen-bond acceptors (Lipinski definition) is 3. The summed E-state index contributed by atoms with van der Waals surface area (Å²) in [7, 11) is 1.85. The number of nitrogens with zero attached hydrogens (tertiary/aromatic N) is 1. The lowest BCUT2D eigenvalue weighted by molar-refractivity contribution is 0.0790. The predicted molar refractivity (Wildman–Crippen MR) is 63.4 cm³/mol. The topological polar surface area (TPSA) is 40.5 Å². The molecule has 1 amide bonds. The van der Waals surface area contributed by atoms with Gasteiger partial charge in [-0.2, -0.15) is 0 Å². The summed E-state index contributed by atoms with van der Waals surface area (Å²) in [5, 5.41) is 8.57. The first-order valence-corrected chi connectivity index (χ1v) is 6.00. The van der Waals surface area contributed by atoms with Crippen molar-refractivity contribution in [1.29, 1.82) is 0 Å². The summed E-state index contributed by atoms with van der Waals surface area (Å²) in [6, 6.07) is 4.05. The smallest absolute Gasteiger partial charge is 0.263 e. The van der Waals surface area contributed by atoms with E-state index in [1.165, 1.54) is 11.3 Å². The molecule has 0 atom stereocenters. The normalized spacial score (nSPS) is 14.1. The standard InChI is InChI=1S/C12H13NO2S/c1-13(9-4-5-9)12(15)11-7-6-10(16-11)3-2-8-14/h6-7,9,14H,4-5,8H2,1H3. The van der Waals surface area contributed by atoms with E-state index in [2.05, 4.69) is 11.8 Å². The molecule has 1 aliphatic rings. The fraction of sp³-hybridized carbons (Fsp3) is 0.417. The van der Waals surface area contributed by atoms with Gasteiger partial charge in [-0.3, -0.25) is 4.79 Å². The van der Waals surface area contributed by atoms with Gasteiger partial charge < -0.3 is 10.0 Å². The molecule has 3 nitrogen and oxygen atoms in total. The molecule has 84 valence electrons. The summed E-state index contributed by atoms with van der Waals surface area (Å²) in [5.74, 6) is 5.45. The Bertz CT molecular complexity index is 451. The molecule has 0 aliphatic heterocycles. The number of thiophene rings is 1. The average molecular weight is 235 g/mol. The van der Waals surface area contributed by atoms with Crippen LogP contribution in [0.2, 0.25) is 0 Å². The Morgan fingerprint density at radius 2 is 2.38 bits per heavy atom. The highest BCUT2D eigenvalue weighted by Gasteiger charge is 2.30. The van der Waals surface area contributed by atoms with Gasteiger partial charge >= 0.3 is 0 Å².